The van der Waals surface area contributed by atoms with Crippen LogP contribution in [0.3, 0.4) is 0 Å². The van der Waals surface area contributed by atoms with Crippen molar-refractivity contribution in [2.75, 3.05) is 6.61 Å². The Morgan fingerprint density at radius 2 is 1.45 bits per heavy atom. The minimum atomic E-state index is -2.18. The zero-order valence-electron chi connectivity index (χ0n) is 31.0. The fourth-order valence-corrected chi connectivity index (χ4v) is 10.7. The van der Waals surface area contributed by atoms with Crippen LogP contribution in [0.4, 0.5) is 0 Å². The monoisotopic (exact) mass is 670 g/mol. The van der Waals surface area contributed by atoms with Crippen LogP contribution >= 0.6 is 0 Å². The first kappa shape index (κ1) is 38.3. The fraction of sp³-hybridized carbons (Fsp3) is 0.912. The standard InChI is InChI=1S/C34H66O7Si3/c1-30(2,3)43(13,14)36-23-29-32(7,41-44(15,16)31(4,5)6)20-19-25-26(37-29)22-28-33(8,39-25)24-34(9,40-42(10,11)12)27(38-28)18-17-21-35/h19-21,25-29H,17-18,22-24H2,1-16H3/t25-,26+,27+,28-,29-,32+,33+,34-/m1/s1. The van der Waals surface area contributed by atoms with Crippen LogP contribution in [0.15, 0.2) is 12.2 Å². The third-order valence-electron chi connectivity index (χ3n) is 11.0. The first-order valence-corrected chi connectivity index (χ1v) is 26.1. The average molecular weight is 671 g/mol. The predicted octanol–water partition coefficient (Wildman–Crippen LogP) is 8.41. The summed E-state index contributed by atoms with van der Waals surface area (Å²) in [6.07, 6.45) is 6.70. The average Bonchev–Trinajstić information content (AvgIpc) is 2.92. The van der Waals surface area contributed by atoms with Gasteiger partial charge in [0, 0.05) is 19.3 Å². The fourth-order valence-electron chi connectivity index (χ4n) is 6.50. The SMILES string of the molecule is CC(C)(C)[Si](C)(C)OC[C@H]1O[C@H]2C[C@H]3O[C@@H](CCC=O)[C@](C)(O[Si](C)(C)C)C[C@]3(C)O[C@@H]2C=C[C@]1(C)O[Si](C)(C)C(C)(C)C. The van der Waals surface area contributed by atoms with Crippen molar-refractivity contribution in [3.05, 3.63) is 12.2 Å². The highest BCUT2D eigenvalue weighted by molar-refractivity contribution is 6.74. The maximum Gasteiger partial charge on any atom is 0.193 e. The Kier molecular flexibility index (Phi) is 11.0. The molecule has 0 aromatic rings. The van der Waals surface area contributed by atoms with Crippen LogP contribution in [0.5, 0.6) is 0 Å². The molecule has 0 radical (unpaired) electrons. The topological polar surface area (TPSA) is 72.5 Å². The molecule has 3 aliphatic heterocycles. The summed E-state index contributed by atoms with van der Waals surface area (Å²) >= 11 is 0. The molecule has 0 saturated carbocycles. The van der Waals surface area contributed by atoms with Crippen molar-refractivity contribution in [1.82, 2.24) is 0 Å². The number of rotatable bonds is 10. The molecule has 0 aromatic carbocycles. The lowest BCUT2D eigenvalue weighted by Crippen LogP contribution is -2.67. The highest BCUT2D eigenvalue weighted by Crippen LogP contribution is 2.50. The highest BCUT2D eigenvalue weighted by atomic mass is 28.4. The Labute approximate surface area is 272 Å². The van der Waals surface area contributed by atoms with Gasteiger partial charge in [-0.2, -0.15) is 0 Å². The lowest BCUT2D eigenvalue weighted by atomic mass is 9.74. The molecule has 0 unspecified atom stereocenters. The molecule has 0 spiro atoms. The Balaban J connectivity index is 1.98. The van der Waals surface area contributed by atoms with Gasteiger partial charge in [0.15, 0.2) is 25.0 Å². The van der Waals surface area contributed by atoms with E-state index in [1.54, 1.807) is 0 Å². The molecule has 0 amide bonds. The molecular weight excluding hydrogens is 605 g/mol. The number of carbonyl (C=O) groups excluding carboxylic acids is 1. The van der Waals surface area contributed by atoms with Gasteiger partial charge in [0.25, 0.3) is 0 Å². The van der Waals surface area contributed by atoms with Crippen LogP contribution in [0.1, 0.15) is 88.0 Å². The number of hydrogen-bond acceptors (Lipinski definition) is 7. The summed E-state index contributed by atoms with van der Waals surface area (Å²) < 4.78 is 41.8. The molecule has 10 heteroatoms. The smallest absolute Gasteiger partial charge is 0.193 e. The number of carbonyl (C=O) groups is 1. The van der Waals surface area contributed by atoms with E-state index < -0.39 is 41.8 Å². The Morgan fingerprint density at radius 3 is 1.98 bits per heavy atom. The van der Waals surface area contributed by atoms with E-state index in [0.29, 0.717) is 32.3 Å². The van der Waals surface area contributed by atoms with E-state index in [4.69, 9.17) is 27.5 Å². The molecule has 0 aromatic heterocycles. The van der Waals surface area contributed by atoms with E-state index >= 15 is 0 Å². The van der Waals surface area contributed by atoms with E-state index in [0.717, 1.165) is 6.29 Å². The molecule has 3 aliphatic rings. The maximum absolute atomic E-state index is 11.4. The molecule has 44 heavy (non-hydrogen) atoms. The summed E-state index contributed by atoms with van der Waals surface area (Å²) in [5, 5.41) is 0.123. The summed E-state index contributed by atoms with van der Waals surface area (Å²) in [5.74, 6) is 0. The van der Waals surface area contributed by atoms with Crippen molar-refractivity contribution >= 4 is 31.2 Å². The van der Waals surface area contributed by atoms with Gasteiger partial charge in [-0.3, -0.25) is 0 Å². The molecule has 7 nitrogen and oxygen atoms in total. The van der Waals surface area contributed by atoms with E-state index in [2.05, 4.69) is 120 Å². The number of fused-ring (bicyclic) bond motifs is 2. The van der Waals surface area contributed by atoms with Gasteiger partial charge in [-0.15, -0.1) is 0 Å². The van der Waals surface area contributed by atoms with Gasteiger partial charge >= 0.3 is 0 Å². The molecule has 0 bridgehead atoms. The summed E-state index contributed by atoms with van der Waals surface area (Å²) in [4.78, 5) is 11.4. The second-order valence-electron chi connectivity index (χ2n) is 18.3. The molecule has 2 saturated heterocycles. The highest BCUT2D eigenvalue weighted by Gasteiger charge is 2.59. The van der Waals surface area contributed by atoms with Crippen molar-refractivity contribution in [3.63, 3.8) is 0 Å². The van der Waals surface area contributed by atoms with Crippen LogP contribution < -0.4 is 0 Å². The van der Waals surface area contributed by atoms with Crippen LogP contribution in [0.2, 0.25) is 55.9 Å². The van der Waals surface area contributed by atoms with Gasteiger partial charge in [-0.25, -0.2) is 0 Å². The normalized spacial score (nSPS) is 37.2. The molecule has 0 N–H and O–H groups in total. The van der Waals surface area contributed by atoms with Crippen molar-refractivity contribution in [2.45, 2.75) is 191 Å². The van der Waals surface area contributed by atoms with Gasteiger partial charge in [-0.1, -0.05) is 53.7 Å². The maximum atomic E-state index is 11.4. The predicted molar refractivity (Wildman–Crippen MR) is 187 cm³/mol. The van der Waals surface area contributed by atoms with Crippen molar-refractivity contribution in [2.24, 2.45) is 0 Å². The minimum Gasteiger partial charge on any atom is -0.414 e. The van der Waals surface area contributed by atoms with Gasteiger partial charge < -0.3 is 32.3 Å². The summed E-state index contributed by atoms with van der Waals surface area (Å²) in [5.41, 5.74) is -1.78. The molecule has 3 heterocycles. The quantitative estimate of drug-likeness (QED) is 0.131. The Morgan fingerprint density at radius 1 is 0.864 bits per heavy atom. The van der Waals surface area contributed by atoms with E-state index in [-0.39, 0.29) is 40.6 Å². The van der Waals surface area contributed by atoms with Gasteiger partial charge in [-0.05, 0) is 83.1 Å². The molecule has 0 aliphatic carbocycles. The lowest BCUT2D eigenvalue weighted by Gasteiger charge is -2.58. The molecular formula is C34H66O7Si3. The van der Waals surface area contributed by atoms with E-state index in [1.165, 1.54) is 0 Å². The molecule has 256 valence electrons. The second kappa shape index (κ2) is 12.7. The number of ether oxygens (including phenoxy) is 3. The molecule has 2 fully saturated rings. The van der Waals surface area contributed by atoms with Crippen LogP contribution in [0.25, 0.3) is 0 Å². The lowest BCUT2D eigenvalue weighted by molar-refractivity contribution is -0.304. The zero-order valence-corrected chi connectivity index (χ0v) is 34.0. The van der Waals surface area contributed by atoms with E-state index in [9.17, 15) is 4.79 Å². The van der Waals surface area contributed by atoms with Crippen molar-refractivity contribution in [1.29, 1.82) is 0 Å². The van der Waals surface area contributed by atoms with Crippen molar-refractivity contribution in [3.8, 4) is 0 Å². The third kappa shape index (κ3) is 8.45. The Bertz CT molecular complexity index is 1040. The first-order valence-electron chi connectivity index (χ1n) is 16.8. The zero-order chi connectivity index (χ0) is 33.8. The second-order valence-corrected chi connectivity index (χ2v) is 32.3. The number of aldehydes is 1. The summed E-state index contributed by atoms with van der Waals surface area (Å²) in [7, 11) is -6.15. The van der Waals surface area contributed by atoms with Crippen LogP contribution in [-0.4, -0.2) is 85.2 Å². The first-order chi connectivity index (χ1) is 19.7. The van der Waals surface area contributed by atoms with Gasteiger partial charge in [0.05, 0.1) is 36.1 Å². The number of hydrogen-bond donors (Lipinski definition) is 0. The van der Waals surface area contributed by atoms with E-state index in [1.807, 2.05) is 0 Å². The third-order valence-corrected chi connectivity index (χ3v) is 21.1. The van der Waals surface area contributed by atoms with Gasteiger partial charge in [0.2, 0.25) is 0 Å². The summed E-state index contributed by atoms with van der Waals surface area (Å²) in [6.45, 7) is 36.4. The van der Waals surface area contributed by atoms with Crippen LogP contribution in [-0.2, 0) is 32.3 Å². The molecule has 3 rings (SSSR count). The summed E-state index contributed by atoms with van der Waals surface area (Å²) in [6, 6.07) is 0. The molecule has 8 atom stereocenters. The van der Waals surface area contributed by atoms with Crippen LogP contribution in [0, 0.1) is 0 Å². The largest absolute Gasteiger partial charge is 0.414 e. The van der Waals surface area contributed by atoms with Gasteiger partial charge in [0.1, 0.15) is 24.1 Å². The van der Waals surface area contributed by atoms with Crippen molar-refractivity contribution < 1.29 is 32.3 Å². The minimum absolute atomic E-state index is 0.0396. The Hall–Kier alpha value is -0.179.